The SMILES string of the molecule is CC(C)c1c(-c2cnc3ccccc3c2)nc[nH]c1=O. The van der Waals surface area contributed by atoms with E-state index in [0.717, 1.165) is 16.5 Å². The van der Waals surface area contributed by atoms with Crippen LogP contribution < -0.4 is 5.56 Å². The summed E-state index contributed by atoms with van der Waals surface area (Å²) < 4.78 is 0. The summed E-state index contributed by atoms with van der Waals surface area (Å²) in [6.45, 7) is 3.98. The fourth-order valence-electron chi connectivity index (χ4n) is 2.38. The average molecular weight is 265 g/mol. The molecule has 0 bridgehead atoms. The van der Waals surface area contributed by atoms with Crippen LogP contribution in [0.25, 0.3) is 22.2 Å². The molecule has 0 aliphatic carbocycles. The maximum atomic E-state index is 12.0. The van der Waals surface area contributed by atoms with Crippen LogP contribution in [0.5, 0.6) is 0 Å². The number of H-pyrrole nitrogens is 1. The van der Waals surface area contributed by atoms with E-state index in [4.69, 9.17) is 0 Å². The highest BCUT2D eigenvalue weighted by Gasteiger charge is 2.14. The van der Waals surface area contributed by atoms with Crippen molar-refractivity contribution in [2.45, 2.75) is 19.8 Å². The van der Waals surface area contributed by atoms with Crippen molar-refractivity contribution in [3.63, 3.8) is 0 Å². The fraction of sp³-hybridized carbons (Fsp3) is 0.188. The van der Waals surface area contributed by atoms with Crippen molar-refractivity contribution in [1.29, 1.82) is 0 Å². The van der Waals surface area contributed by atoms with Crippen molar-refractivity contribution in [2.75, 3.05) is 0 Å². The van der Waals surface area contributed by atoms with Crippen LogP contribution in [0.3, 0.4) is 0 Å². The van der Waals surface area contributed by atoms with Crippen molar-refractivity contribution >= 4 is 10.9 Å². The smallest absolute Gasteiger partial charge is 0.254 e. The molecular weight excluding hydrogens is 250 g/mol. The lowest BCUT2D eigenvalue weighted by atomic mass is 9.98. The van der Waals surface area contributed by atoms with Crippen LogP contribution >= 0.6 is 0 Å². The lowest BCUT2D eigenvalue weighted by molar-refractivity contribution is 0.833. The third kappa shape index (κ3) is 2.09. The van der Waals surface area contributed by atoms with Crippen LogP contribution in [0.4, 0.5) is 0 Å². The van der Waals surface area contributed by atoms with E-state index in [9.17, 15) is 4.79 Å². The van der Waals surface area contributed by atoms with Gasteiger partial charge in [0, 0.05) is 22.7 Å². The summed E-state index contributed by atoms with van der Waals surface area (Å²) in [6.07, 6.45) is 3.22. The van der Waals surface area contributed by atoms with Gasteiger partial charge < -0.3 is 4.98 Å². The average Bonchev–Trinajstić information content (AvgIpc) is 2.46. The van der Waals surface area contributed by atoms with Gasteiger partial charge in [0.05, 0.1) is 17.5 Å². The largest absolute Gasteiger partial charge is 0.313 e. The summed E-state index contributed by atoms with van der Waals surface area (Å²) in [5.74, 6) is 0.105. The van der Waals surface area contributed by atoms with Gasteiger partial charge in [0.1, 0.15) is 0 Å². The van der Waals surface area contributed by atoms with Crippen molar-refractivity contribution < 1.29 is 0 Å². The van der Waals surface area contributed by atoms with E-state index in [2.05, 4.69) is 15.0 Å². The van der Waals surface area contributed by atoms with Gasteiger partial charge in [-0.25, -0.2) is 4.98 Å². The maximum Gasteiger partial charge on any atom is 0.254 e. The van der Waals surface area contributed by atoms with Crippen LogP contribution in [-0.2, 0) is 0 Å². The van der Waals surface area contributed by atoms with E-state index in [1.807, 2.05) is 44.2 Å². The lowest BCUT2D eigenvalue weighted by Crippen LogP contribution is -2.16. The predicted molar refractivity (Wildman–Crippen MR) is 79.7 cm³/mol. The third-order valence-corrected chi connectivity index (χ3v) is 3.33. The zero-order valence-corrected chi connectivity index (χ0v) is 11.4. The van der Waals surface area contributed by atoms with Gasteiger partial charge in [-0.1, -0.05) is 32.0 Å². The Morgan fingerprint density at radius 3 is 2.75 bits per heavy atom. The van der Waals surface area contributed by atoms with E-state index in [-0.39, 0.29) is 11.5 Å². The van der Waals surface area contributed by atoms with Gasteiger partial charge in [0.15, 0.2) is 0 Å². The number of nitrogens with zero attached hydrogens (tertiary/aromatic N) is 2. The molecule has 100 valence electrons. The van der Waals surface area contributed by atoms with Crippen LogP contribution in [0.2, 0.25) is 0 Å². The molecule has 2 aromatic heterocycles. The number of pyridine rings is 1. The summed E-state index contributed by atoms with van der Waals surface area (Å²) in [5.41, 5.74) is 3.13. The summed E-state index contributed by atoms with van der Waals surface area (Å²) in [4.78, 5) is 23.4. The molecule has 0 saturated carbocycles. The Bertz CT molecular complexity index is 821. The zero-order chi connectivity index (χ0) is 14.1. The molecule has 3 aromatic rings. The van der Waals surface area contributed by atoms with E-state index < -0.39 is 0 Å². The minimum atomic E-state index is -0.0850. The van der Waals surface area contributed by atoms with Gasteiger partial charge in [0.25, 0.3) is 5.56 Å². The Hall–Kier alpha value is -2.49. The highest BCUT2D eigenvalue weighted by molar-refractivity contribution is 5.83. The van der Waals surface area contributed by atoms with Crippen LogP contribution in [0, 0.1) is 0 Å². The summed E-state index contributed by atoms with van der Waals surface area (Å²) in [7, 11) is 0. The highest BCUT2D eigenvalue weighted by atomic mass is 16.1. The van der Waals surface area contributed by atoms with Crippen molar-refractivity contribution in [3.8, 4) is 11.3 Å². The van der Waals surface area contributed by atoms with Crippen molar-refractivity contribution in [1.82, 2.24) is 15.0 Å². The molecule has 4 heteroatoms. The topological polar surface area (TPSA) is 58.6 Å². The lowest BCUT2D eigenvalue weighted by Gasteiger charge is -2.10. The molecule has 0 spiro atoms. The van der Waals surface area contributed by atoms with Crippen molar-refractivity contribution in [3.05, 3.63) is 58.8 Å². The first-order valence-corrected chi connectivity index (χ1v) is 6.59. The molecule has 2 heterocycles. The second kappa shape index (κ2) is 4.89. The molecule has 20 heavy (non-hydrogen) atoms. The number of aromatic nitrogens is 3. The van der Waals surface area contributed by atoms with E-state index >= 15 is 0 Å². The van der Waals surface area contributed by atoms with Gasteiger partial charge in [-0.15, -0.1) is 0 Å². The molecule has 0 aliphatic rings. The Balaban J connectivity index is 2.26. The summed E-state index contributed by atoms with van der Waals surface area (Å²) in [6, 6.07) is 9.93. The zero-order valence-electron chi connectivity index (χ0n) is 11.4. The third-order valence-electron chi connectivity index (χ3n) is 3.33. The number of benzene rings is 1. The maximum absolute atomic E-state index is 12.0. The Morgan fingerprint density at radius 2 is 1.95 bits per heavy atom. The number of aromatic amines is 1. The van der Waals surface area contributed by atoms with E-state index in [1.165, 1.54) is 6.33 Å². The Kier molecular flexibility index (Phi) is 3.06. The minimum absolute atomic E-state index is 0.0850. The van der Waals surface area contributed by atoms with Gasteiger partial charge in [-0.2, -0.15) is 0 Å². The molecule has 1 aromatic carbocycles. The first kappa shape index (κ1) is 12.5. The second-order valence-electron chi connectivity index (χ2n) is 5.07. The van der Waals surface area contributed by atoms with Crippen molar-refractivity contribution in [2.24, 2.45) is 0 Å². The minimum Gasteiger partial charge on any atom is -0.313 e. The van der Waals surface area contributed by atoms with E-state index in [1.54, 1.807) is 6.20 Å². The molecule has 3 rings (SSSR count). The first-order chi connectivity index (χ1) is 9.66. The summed E-state index contributed by atoms with van der Waals surface area (Å²) >= 11 is 0. The van der Waals surface area contributed by atoms with Crippen LogP contribution in [0.1, 0.15) is 25.3 Å². The molecule has 0 fully saturated rings. The number of fused-ring (bicyclic) bond motifs is 1. The highest BCUT2D eigenvalue weighted by Crippen LogP contribution is 2.25. The second-order valence-corrected chi connectivity index (χ2v) is 5.07. The molecule has 0 amide bonds. The monoisotopic (exact) mass is 265 g/mol. The Labute approximate surface area is 116 Å². The van der Waals surface area contributed by atoms with Gasteiger partial charge in [-0.05, 0) is 18.1 Å². The normalized spacial score (nSPS) is 11.2. The molecule has 0 aliphatic heterocycles. The number of hydrogen-bond acceptors (Lipinski definition) is 3. The molecular formula is C16H15N3O. The van der Waals surface area contributed by atoms with Gasteiger partial charge in [-0.3, -0.25) is 9.78 Å². The molecule has 1 N–H and O–H groups in total. The molecule has 0 unspecified atom stereocenters. The first-order valence-electron chi connectivity index (χ1n) is 6.59. The number of hydrogen-bond donors (Lipinski definition) is 1. The Morgan fingerprint density at radius 1 is 1.15 bits per heavy atom. The fourth-order valence-corrected chi connectivity index (χ4v) is 2.38. The van der Waals surface area contributed by atoms with Gasteiger partial charge in [0.2, 0.25) is 0 Å². The van der Waals surface area contributed by atoms with Gasteiger partial charge >= 0.3 is 0 Å². The summed E-state index contributed by atoms with van der Waals surface area (Å²) in [5, 5.41) is 1.04. The number of nitrogens with one attached hydrogen (secondary N) is 1. The van der Waals surface area contributed by atoms with Crippen LogP contribution in [-0.4, -0.2) is 15.0 Å². The molecule has 0 atom stereocenters. The standard InChI is InChI=1S/C16H15N3O/c1-10(2)14-15(18-9-19-16(14)20)12-7-11-5-3-4-6-13(11)17-8-12/h3-10H,1-2H3,(H,18,19,20). The molecule has 0 saturated heterocycles. The van der Waals surface area contributed by atoms with Crippen LogP contribution in [0.15, 0.2) is 47.7 Å². The number of rotatable bonds is 2. The molecule has 4 nitrogen and oxygen atoms in total. The van der Waals surface area contributed by atoms with E-state index in [0.29, 0.717) is 11.3 Å². The predicted octanol–water partition coefficient (Wildman–Crippen LogP) is 3.11. The quantitative estimate of drug-likeness (QED) is 0.774. The molecule has 0 radical (unpaired) electrons. The number of para-hydroxylation sites is 1.